The molecule has 0 radical (unpaired) electrons. The number of nitrogens with one attached hydrogen (secondary N) is 2. The topological polar surface area (TPSA) is 154 Å². The van der Waals surface area contributed by atoms with Crippen molar-refractivity contribution < 1.29 is 33.8 Å². The lowest BCUT2D eigenvalue weighted by Crippen LogP contribution is -2.57. The van der Waals surface area contributed by atoms with Gasteiger partial charge >= 0.3 is 5.97 Å². The van der Waals surface area contributed by atoms with Crippen molar-refractivity contribution in [2.75, 3.05) is 12.8 Å². The second-order valence-corrected chi connectivity index (χ2v) is 16.1. The summed E-state index contributed by atoms with van der Waals surface area (Å²) in [4.78, 5) is 72.3. The Labute approximate surface area is 286 Å². The Kier molecular flexibility index (Phi) is 15.4. The summed E-state index contributed by atoms with van der Waals surface area (Å²) < 4.78 is 6.06. The van der Waals surface area contributed by atoms with Crippen molar-refractivity contribution in [1.29, 1.82) is 0 Å². The molecular weight excluding hydrogens is 620 g/mol. The van der Waals surface area contributed by atoms with Crippen LogP contribution >= 0.6 is 11.8 Å². The molecule has 0 saturated heterocycles. The van der Waals surface area contributed by atoms with E-state index in [0.717, 1.165) is 10.8 Å². The highest BCUT2D eigenvalue weighted by Crippen LogP contribution is 2.33. The van der Waals surface area contributed by atoms with Crippen LogP contribution in [-0.4, -0.2) is 93.7 Å². The number of hydrogen-bond donors (Lipinski definition) is 3. The number of fused-ring (bicyclic) bond motifs is 1. The Hall–Kier alpha value is -2.47. The number of aliphatic hydroxyl groups excluding tert-OH is 1. The van der Waals surface area contributed by atoms with Crippen molar-refractivity contribution in [1.82, 2.24) is 15.5 Å². The zero-order chi connectivity index (χ0) is 35.8. The number of likely N-dealkylation sites (N-methyl/N-ethyl adjacent to an activating group) is 1. The summed E-state index contributed by atoms with van der Waals surface area (Å²) in [6.45, 7) is 18.5. The standard InChI is InChI=1S/C35H60N4O7S/c1-12-20(3)29-33(44)39(11)24(7)34(45)46-28(35(8,9)10)16-19(2)15-27(41)22(5)32-37-25(18-47-32)13-14-26(40)17-21(4)30(42)36-23(6)31(43)38-29/h19-25,27-29,41H,12-18H2,1-11H3,(H,36,42)(H,38,43)/t19-,20-,21+,22-,23-,24-,25-,27-,28-,29-/m0/s1. The number of aliphatic imine (C=N–C) groups is 1. The van der Waals surface area contributed by atoms with Gasteiger partial charge < -0.3 is 25.4 Å². The smallest absolute Gasteiger partial charge is 0.328 e. The highest BCUT2D eigenvalue weighted by Gasteiger charge is 2.38. The van der Waals surface area contributed by atoms with Crippen molar-refractivity contribution in [2.24, 2.45) is 34.1 Å². The Balaban J connectivity index is 2.37. The quantitative estimate of drug-likeness (QED) is 0.368. The average Bonchev–Trinajstić information content (AvgIpc) is 3.48. The summed E-state index contributed by atoms with van der Waals surface area (Å²) in [5, 5.41) is 17.5. The summed E-state index contributed by atoms with van der Waals surface area (Å²) in [6.07, 6.45) is 1.41. The largest absolute Gasteiger partial charge is 0.460 e. The van der Waals surface area contributed by atoms with Crippen LogP contribution in [0.4, 0.5) is 0 Å². The molecule has 0 aliphatic carbocycles. The van der Waals surface area contributed by atoms with E-state index in [1.807, 2.05) is 48.5 Å². The van der Waals surface area contributed by atoms with Crippen LogP contribution in [0.1, 0.15) is 108 Å². The number of thioether (sulfide) groups is 1. The second-order valence-electron chi connectivity index (χ2n) is 15.1. The number of aliphatic hydroxyl groups is 1. The molecule has 11 nitrogen and oxygen atoms in total. The van der Waals surface area contributed by atoms with E-state index in [0.29, 0.717) is 32.1 Å². The molecule has 0 spiro atoms. The zero-order valence-electron chi connectivity index (χ0n) is 30.4. The van der Waals surface area contributed by atoms with Gasteiger partial charge in [0.1, 0.15) is 30.0 Å². The molecule has 0 aromatic rings. The molecular formula is C35H60N4O7S. The number of esters is 1. The third-order valence-corrected chi connectivity index (χ3v) is 11.0. The van der Waals surface area contributed by atoms with E-state index in [2.05, 4.69) is 10.6 Å². The van der Waals surface area contributed by atoms with Gasteiger partial charge in [-0.15, -0.1) is 11.8 Å². The summed E-state index contributed by atoms with van der Waals surface area (Å²) in [7, 11) is 1.52. The fourth-order valence-corrected chi connectivity index (χ4v) is 6.96. The van der Waals surface area contributed by atoms with Gasteiger partial charge in [-0.25, -0.2) is 4.79 Å². The molecule has 0 saturated carbocycles. The second kappa shape index (κ2) is 17.8. The molecule has 0 fully saturated rings. The fourth-order valence-electron chi connectivity index (χ4n) is 5.71. The third-order valence-electron chi connectivity index (χ3n) is 9.72. The van der Waals surface area contributed by atoms with Crippen LogP contribution in [0.2, 0.25) is 0 Å². The first-order valence-corrected chi connectivity index (χ1v) is 18.2. The van der Waals surface area contributed by atoms with Crippen LogP contribution in [0.3, 0.4) is 0 Å². The number of nitrogens with zero attached hydrogens (tertiary/aromatic N) is 2. The average molecular weight is 681 g/mol. The lowest BCUT2D eigenvalue weighted by Gasteiger charge is -2.36. The van der Waals surface area contributed by atoms with Crippen LogP contribution < -0.4 is 10.6 Å². The van der Waals surface area contributed by atoms with Gasteiger partial charge in [0.15, 0.2) is 0 Å². The summed E-state index contributed by atoms with van der Waals surface area (Å²) in [5.41, 5.74) is -0.395. The monoisotopic (exact) mass is 680 g/mol. The Morgan fingerprint density at radius 3 is 2.26 bits per heavy atom. The highest BCUT2D eigenvalue weighted by molar-refractivity contribution is 8.14. The SMILES string of the molecule is CC[C@H](C)[C@@H]1NC(=O)[C@H](C)NC(=O)[C@H](C)CC(=O)CC[C@H]2CSC(=N2)[C@@H](C)[C@@H](O)C[C@H](C)C[C@@H](C(C)(C)C)OC(=O)[C@H](C)N(C)C1=O. The summed E-state index contributed by atoms with van der Waals surface area (Å²) in [6, 6.07) is -2.83. The Bertz CT molecular complexity index is 1160. The van der Waals surface area contributed by atoms with E-state index in [1.54, 1.807) is 25.6 Å². The van der Waals surface area contributed by atoms with E-state index in [1.165, 1.54) is 18.9 Å². The molecule has 2 heterocycles. The normalized spacial score (nSPS) is 34.4. The van der Waals surface area contributed by atoms with Crippen LogP contribution in [0.25, 0.3) is 0 Å². The van der Waals surface area contributed by atoms with Gasteiger partial charge in [-0.05, 0) is 50.4 Å². The molecule has 0 unspecified atom stereocenters. The van der Waals surface area contributed by atoms with Crippen LogP contribution in [-0.2, 0) is 28.7 Å². The maximum absolute atomic E-state index is 13.7. The molecule has 0 aromatic carbocycles. The summed E-state index contributed by atoms with van der Waals surface area (Å²) in [5.74, 6) is -2.28. The van der Waals surface area contributed by atoms with Gasteiger partial charge in [-0.2, -0.15) is 0 Å². The molecule has 268 valence electrons. The molecule has 12 heteroatoms. The number of Topliss-reactive ketones (excluding diaryl/α,β-unsaturated/α-hetero) is 1. The first kappa shape index (κ1) is 40.7. The maximum Gasteiger partial charge on any atom is 0.328 e. The molecule has 2 aliphatic rings. The summed E-state index contributed by atoms with van der Waals surface area (Å²) >= 11 is 1.61. The molecule has 3 N–H and O–H groups in total. The van der Waals surface area contributed by atoms with Gasteiger partial charge in [-0.1, -0.05) is 61.8 Å². The number of cyclic esters (lactones) is 1. The van der Waals surface area contributed by atoms with Crippen molar-refractivity contribution in [2.45, 2.75) is 144 Å². The van der Waals surface area contributed by atoms with E-state index in [4.69, 9.17) is 9.73 Å². The van der Waals surface area contributed by atoms with Gasteiger partial charge in [0.05, 0.1) is 17.2 Å². The van der Waals surface area contributed by atoms with Crippen LogP contribution in [0.5, 0.6) is 0 Å². The number of carbonyl (C=O) groups is 5. The Morgan fingerprint density at radius 2 is 1.66 bits per heavy atom. The predicted molar refractivity (Wildman–Crippen MR) is 186 cm³/mol. The lowest BCUT2D eigenvalue weighted by atomic mass is 9.81. The van der Waals surface area contributed by atoms with E-state index in [-0.39, 0.29) is 36.0 Å². The number of amides is 3. The number of rotatable bonds is 2. The Morgan fingerprint density at radius 1 is 1.02 bits per heavy atom. The van der Waals surface area contributed by atoms with E-state index >= 15 is 0 Å². The van der Waals surface area contributed by atoms with E-state index < -0.39 is 65.4 Å². The number of carbonyl (C=O) groups excluding carboxylic acids is 5. The third kappa shape index (κ3) is 11.9. The fraction of sp³-hybridized carbons (Fsp3) is 0.829. The molecule has 3 amide bonds. The first-order valence-electron chi connectivity index (χ1n) is 17.2. The molecule has 47 heavy (non-hydrogen) atoms. The van der Waals surface area contributed by atoms with Gasteiger partial charge in [-0.3, -0.25) is 24.2 Å². The van der Waals surface area contributed by atoms with Crippen molar-refractivity contribution in [3.05, 3.63) is 0 Å². The molecule has 0 aromatic heterocycles. The minimum absolute atomic E-state index is 0.0272. The molecule has 10 atom stereocenters. The molecule has 2 aliphatic heterocycles. The van der Waals surface area contributed by atoms with Crippen LogP contribution in [0, 0.1) is 29.1 Å². The zero-order valence-corrected chi connectivity index (χ0v) is 31.2. The number of hydrogen-bond acceptors (Lipinski definition) is 9. The van der Waals surface area contributed by atoms with Crippen molar-refractivity contribution >= 4 is 46.3 Å². The van der Waals surface area contributed by atoms with Gasteiger partial charge in [0.25, 0.3) is 0 Å². The maximum atomic E-state index is 13.7. The minimum Gasteiger partial charge on any atom is -0.460 e. The van der Waals surface area contributed by atoms with Gasteiger partial charge in [0.2, 0.25) is 17.7 Å². The van der Waals surface area contributed by atoms with E-state index in [9.17, 15) is 29.1 Å². The highest BCUT2D eigenvalue weighted by atomic mass is 32.2. The van der Waals surface area contributed by atoms with Gasteiger partial charge in [0, 0.05) is 37.5 Å². The molecule has 2 bridgehead atoms. The number of ketones is 1. The van der Waals surface area contributed by atoms with Crippen molar-refractivity contribution in [3.63, 3.8) is 0 Å². The van der Waals surface area contributed by atoms with Crippen LogP contribution in [0.15, 0.2) is 4.99 Å². The predicted octanol–water partition coefficient (Wildman–Crippen LogP) is 4.14. The number of ether oxygens (including phenoxy) is 1. The first-order chi connectivity index (χ1) is 21.8. The lowest BCUT2D eigenvalue weighted by molar-refractivity contribution is -0.164. The minimum atomic E-state index is -0.947. The van der Waals surface area contributed by atoms with Crippen molar-refractivity contribution in [3.8, 4) is 0 Å². The molecule has 2 rings (SSSR count).